The fraction of sp³-hybridized carbons (Fsp3) is 0.429. The molecule has 3 rings (SSSR count). The highest BCUT2D eigenvalue weighted by atomic mass is 32.1. The molecule has 0 spiro atoms. The van der Waals surface area contributed by atoms with Crippen molar-refractivity contribution in [3.05, 3.63) is 28.1 Å². The number of nitrogens with zero attached hydrogens (tertiary/aromatic N) is 3. The lowest BCUT2D eigenvalue weighted by Gasteiger charge is -2.17. The Morgan fingerprint density at radius 2 is 2.26 bits per heavy atom. The van der Waals surface area contributed by atoms with Gasteiger partial charge in [0.05, 0.1) is 18.3 Å². The molecular weight excluding hydrogens is 325 g/mol. The number of fused-ring (bicyclic) bond motifs is 1. The van der Waals surface area contributed by atoms with Crippen molar-refractivity contribution in [3.63, 3.8) is 0 Å². The maximum Gasteiger partial charge on any atom is 0.343 e. The second kappa shape index (κ2) is 5.73. The summed E-state index contributed by atoms with van der Waals surface area (Å²) >= 11 is 1.36. The lowest BCUT2D eigenvalue weighted by molar-refractivity contribution is -0.150. The number of likely N-dealkylation sites (tertiary alicyclic amines) is 1. The van der Waals surface area contributed by atoms with Crippen LogP contribution in [0, 0.1) is 0 Å². The van der Waals surface area contributed by atoms with Crippen LogP contribution >= 0.6 is 11.3 Å². The Morgan fingerprint density at radius 1 is 1.48 bits per heavy atom. The molecule has 1 fully saturated rings. The van der Waals surface area contributed by atoms with Gasteiger partial charge in [0.15, 0.2) is 0 Å². The molecule has 1 aliphatic rings. The number of carboxylic acids is 1. The van der Waals surface area contributed by atoms with E-state index in [1.54, 1.807) is 11.4 Å². The molecule has 0 radical (unpaired) electrons. The molecule has 2 aromatic rings. The summed E-state index contributed by atoms with van der Waals surface area (Å²) in [7, 11) is 0. The number of rotatable bonds is 4. The second-order valence-corrected chi connectivity index (χ2v) is 6.36. The van der Waals surface area contributed by atoms with E-state index in [-0.39, 0.29) is 37.4 Å². The molecule has 2 aromatic heterocycles. The van der Waals surface area contributed by atoms with Crippen LogP contribution in [0.25, 0.3) is 10.2 Å². The smallest absolute Gasteiger partial charge is 0.343 e. The molecule has 1 atom stereocenters. The van der Waals surface area contributed by atoms with Crippen molar-refractivity contribution in [2.75, 3.05) is 13.1 Å². The molecule has 23 heavy (non-hydrogen) atoms. The minimum Gasteiger partial charge on any atom is -0.479 e. The van der Waals surface area contributed by atoms with Crippen molar-refractivity contribution < 1.29 is 19.1 Å². The third-order valence-corrected chi connectivity index (χ3v) is 4.79. The van der Waals surface area contributed by atoms with E-state index in [9.17, 15) is 18.8 Å². The van der Waals surface area contributed by atoms with E-state index in [1.165, 1.54) is 27.1 Å². The van der Waals surface area contributed by atoms with Crippen molar-refractivity contribution in [1.29, 1.82) is 0 Å². The molecule has 1 N–H and O–H groups in total. The first-order chi connectivity index (χ1) is 10.9. The predicted molar refractivity (Wildman–Crippen MR) is 81.2 cm³/mol. The molecule has 9 heteroatoms. The van der Waals surface area contributed by atoms with Gasteiger partial charge in [-0.3, -0.25) is 14.2 Å². The van der Waals surface area contributed by atoms with Crippen LogP contribution in [0.4, 0.5) is 4.39 Å². The van der Waals surface area contributed by atoms with E-state index in [2.05, 4.69) is 4.98 Å². The molecular formula is C14H14FN3O4S. The Kier molecular flexibility index (Phi) is 3.88. The highest BCUT2D eigenvalue weighted by Crippen LogP contribution is 2.26. The number of hydrogen-bond donors (Lipinski definition) is 1. The van der Waals surface area contributed by atoms with Gasteiger partial charge >= 0.3 is 5.97 Å². The first-order valence-corrected chi connectivity index (χ1v) is 7.91. The van der Waals surface area contributed by atoms with Gasteiger partial charge in [-0.25, -0.2) is 14.2 Å². The molecule has 1 aliphatic heterocycles. The number of hydrogen-bond acceptors (Lipinski definition) is 5. The van der Waals surface area contributed by atoms with E-state index in [0.717, 1.165) is 0 Å². The third kappa shape index (κ3) is 2.83. The van der Waals surface area contributed by atoms with Gasteiger partial charge in [0.1, 0.15) is 4.83 Å². The Bertz CT molecular complexity index is 833. The zero-order chi connectivity index (χ0) is 16.6. The number of thiophene rings is 1. The van der Waals surface area contributed by atoms with Crippen molar-refractivity contribution in [3.8, 4) is 0 Å². The first-order valence-electron chi connectivity index (χ1n) is 7.03. The van der Waals surface area contributed by atoms with Gasteiger partial charge in [-0.05, 0) is 11.4 Å². The van der Waals surface area contributed by atoms with Crippen molar-refractivity contribution in [2.24, 2.45) is 0 Å². The van der Waals surface area contributed by atoms with Crippen LogP contribution in [0.2, 0.25) is 0 Å². The Hall–Kier alpha value is -2.29. The predicted octanol–water partition coefficient (Wildman–Crippen LogP) is 0.873. The minimum absolute atomic E-state index is 0.00701. The van der Waals surface area contributed by atoms with E-state index >= 15 is 0 Å². The number of aromatic nitrogens is 2. The van der Waals surface area contributed by atoms with Crippen LogP contribution in [0.3, 0.4) is 0 Å². The highest BCUT2D eigenvalue weighted by Gasteiger charge is 2.46. The number of amides is 1. The number of aryl methyl sites for hydroxylation is 1. The molecule has 0 saturated carbocycles. The van der Waals surface area contributed by atoms with Crippen LogP contribution in [-0.2, 0) is 16.1 Å². The SMILES string of the molecule is O=C(CCn1cnc2sccc2c1=O)N1CCC(F)(C(=O)O)C1. The second-order valence-electron chi connectivity index (χ2n) is 5.47. The zero-order valence-corrected chi connectivity index (χ0v) is 12.9. The number of alkyl halides is 1. The van der Waals surface area contributed by atoms with Gasteiger partial charge < -0.3 is 10.0 Å². The number of carboxylic acid groups (broad SMARTS) is 1. The molecule has 7 nitrogen and oxygen atoms in total. The molecule has 0 bridgehead atoms. The van der Waals surface area contributed by atoms with Gasteiger partial charge in [-0.15, -0.1) is 11.3 Å². The zero-order valence-electron chi connectivity index (χ0n) is 12.1. The van der Waals surface area contributed by atoms with Crippen molar-refractivity contribution >= 4 is 33.4 Å². The summed E-state index contributed by atoms with van der Waals surface area (Å²) in [5.41, 5.74) is -2.60. The number of halogens is 1. The average molecular weight is 339 g/mol. The number of carbonyl (C=O) groups excluding carboxylic acids is 1. The Balaban J connectivity index is 1.66. The van der Waals surface area contributed by atoms with Crippen LogP contribution < -0.4 is 5.56 Å². The van der Waals surface area contributed by atoms with E-state index in [4.69, 9.17) is 5.11 Å². The summed E-state index contributed by atoms with van der Waals surface area (Å²) in [4.78, 5) is 41.1. The van der Waals surface area contributed by atoms with Crippen LogP contribution in [-0.4, -0.2) is 50.2 Å². The summed E-state index contributed by atoms with van der Waals surface area (Å²) in [5.74, 6) is -1.92. The number of carbonyl (C=O) groups is 2. The molecule has 1 saturated heterocycles. The quantitative estimate of drug-likeness (QED) is 0.892. The summed E-state index contributed by atoms with van der Waals surface area (Å²) in [6.07, 6.45) is 1.17. The topological polar surface area (TPSA) is 92.5 Å². The molecule has 0 aromatic carbocycles. The van der Waals surface area contributed by atoms with E-state index < -0.39 is 18.2 Å². The fourth-order valence-corrected chi connectivity index (χ4v) is 3.31. The molecule has 0 aliphatic carbocycles. The van der Waals surface area contributed by atoms with Crippen LogP contribution in [0.1, 0.15) is 12.8 Å². The van der Waals surface area contributed by atoms with E-state index in [0.29, 0.717) is 10.2 Å². The fourth-order valence-electron chi connectivity index (χ4n) is 2.59. The molecule has 1 amide bonds. The summed E-state index contributed by atoms with van der Waals surface area (Å²) in [5, 5.41) is 11.1. The first kappa shape index (κ1) is 15.6. The van der Waals surface area contributed by atoms with Crippen molar-refractivity contribution in [2.45, 2.75) is 25.1 Å². The Labute approximate surface area is 134 Å². The van der Waals surface area contributed by atoms with Gasteiger partial charge in [0, 0.05) is 25.9 Å². The molecule has 122 valence electrons. The van der Waals surface area contributed by atoms with Gasteiger partial charge in [-0.2, -0.15) is 0 Å². The molecule has 1 unspecified atom stereocenters. The largest absolute Gasteiger partial charge is 0.479 e. The minimum atomic E-state index is -2.37. The lowest BCUT2D eigenvalue weighted by atomic mass is 10.1. The molecule has 3 heterocycles. The summed E-state index contributed by atoms with van der Waals surface area (Å²) < 4.78 is 15.3. The van der Waals surface area contributed by atoms with Crippen LogP contribution in [0.15, 0.2) is 22.6 Å². The van der Waals surface area contributed by atoms with E-state index in [1.807, 2.05) is 0 Å². The standard InChI is InChI=1S/C14H14FN3O4S/c15-14(13(21)22)3-5-17(7-14)10(19)1-4-18-8-16-11-9(12(18)20)2-6-23-11/h2,6,8H,1,3-5,7H2,(H,21,22). The van der Waals surface area contributed by atoms with Crippen LogP contribution in [0.5, 0.6) is 0 Å². The normalized spacial score (nSPS) is 21.0. The highest BCUT2D eigenvalue weighted by molar-refractivity contribution is 7.16. The average Bonchev–Trinajstić information content (AvgIpc) is 3.14. The van der Waals surface area contributed by atoms with Gasteiger partial charge in [0.2, 0.25) is 11.6 Å². The lowest BCUT2D eigenvalue weighted by Crippen LogP contribution is -2.39. The number of aliphatic carboxylic acids is 1. The monoisotopic (exact) mass is 339 g/mol. The van der Waals surface area contributed by atoms with Gasteiger partial charge in [0.25, 0.3) is 5.56 Å². The maximum atomic E-state index is 14.0. The maximum absolute atomic E-state index is 14.0. The third-order valence-electron chi connectivity index (χ3n) is 3.97. The summed E-state index contributed by atoms with van der Waals surface area (Å²) in [6, 6.07) is 1.68. The Morgan fingerprint density at radius 3 is 2.96 bits per heavy atom. The van der Waals surface area contributed by atoms with Gasteiger partial charge in [-0.1, -0.05) is 0 Å². The van der Waals surface area contributed by atoms with Crippen molar-refractivity contribution in [1.82, 2.24) is 14.5 Å². The summed E-state index contributed by atoms with van der Waals surface area (Å²) in [6.45, 7) is -0.254.